The molecule has 134 valence electrons. The van der Waals surface area contributed by atoms with Crippen molar-refractivity contribution in [3.8, 4) is 5.75 Å². The van der Waals surface area contributed by atoms with Crippen molar-refractivity contribution in [2.45, 2.75) is 13.0 Å². The van der Waals surface area contributed by atoms with Gasteiger partial charge in [-0.2, -0.15) is 0 Å². The van der Waals surface area contributed by atoms with Crippen molar-refractivity contribution >= 4 is 11.6 Å². The number of ether oxygens (including phenoxy) is 1. The zero-order valence-electron chi connectivity index (χ0n) is 14.8. The van der Waals surface area contributed by atoms with Gasteiger partial charge >= 0.3 is 0 Å². The van der Waals surface area contributed by atoms with Crippen molar-refractivity contribution in [1.82, 2.24) is 10.2 Å². The number of benzene rings is 1. The highest BCUT2D eigenvalue weighted by atomic mass is 16.5. The molecule has 1 aromatic carbocycles. The molecule has 0 radical (unpaired) electrons. The number of hydrogen-bond donors (Lipinski definition) is 1. The third kappa shape index (κ3) is 4.14. The first-order valence-electron chi connectivity index (χ1n) is 8.61. The highest BCUT2D eigenvalue weighted by molar-refractivity contribution is 5.78. The molecular formula is C19H25N3O3. The Kier molecular flexibility index (Phi) is 5.60. The molecule has 1 N–H and O–H groups in total. The Hall–Kier alpha value is -2.47. The predicted octanol–water partition coefficient (Wildman–Crippen LogP) is 2.29. The molecule has 3 rings (SSSR count). The number of piperazine rings is 1. The topological polar surface area (TPSA) is 58.0 Å². The van der Waals surface area contributed by atoms with Gasteiger partial charge in [-0.3, -0.25) is 10.1 Å². The summed E-state index contributed by atoms with van der Waals surface area (Å²) in [4.78, 5) is 16.6. The summed E-state index contributed by atoms with van der Waals surface area (Å²) in [6.45, 7) is 5.35. The fourth-order valence-corrected chi connectivity index (χ4v) is 3.08. The standard InChI is InChI=1S/C19H25N3O3/c1-15(17-8-5-13-25-17)20-14-19(23)22-11-9-21(10-12-22)16-6-3-4-7-18(16)24-2/h3-8,13,15,20H,9-12,14H2,1-2H3/t15-/m1/s1. The minimum Gasteiger partial charge on any atom is -0.495 e. The largest absolute Gasteiger partial charge is 0.495 e. The van der Waals surface area contributed by atoms with Gasteiger partial charge in [0, 0.05) is 26.2 Å². The minimum absolute atomic E-state index is 0.0221. The average Bonchev–Trinajstić information content (AvgIpc) is 3.21. The maximum Gasteiger partial charge on any atom is 0.236 e. The van der Waals surface area contributed by atoms with Gasteiger partial charge in [-0.05, 0) is 31.2 Å². The van der Waals surface area contributed by atoms with Crippen LogP contribution in [0.3, 0.4) is 0 Å². The van der Waals surface area contributed by atoms with E-state index in [2.05, 4.69) is 16.3 Å². The second-order valence-corrected chi connectivity index (χ2v) is 6.16. The molecule has 2 aromatic rings. The lowest BCUT2D eigenvalue weighted by molar-refractivity contribution is -0.130. The molecule has 1 aromatic heterocycles. The summed E-state index contributed by atoms with van der Waals surface area (Å²) in [5.74, 6) is 1.84. The van der Waals surface area contributed by atoms with E-state index in [1.807, 2.05) is 42.2 Å². The van der Waals surface area contributed by atoms with Crippen LogP contribution in [-0.2, 0) is 4.79 Å². The summed E-state index contributed by atoms with van der Waals surface area (Å²) in [6.07, 6.45) is 1.65. The van der Waals surface area contributed by atoms with E-state index in [1.54, 1.807) is 13.4 Å². The van der Waals surface area contributed by atoms with Crippen LogP contribution in [0.5, 0.6) is 5.75 Å². The van der Waals surface area contributed by atoms with Crippen molar-refractivity contribution in [2.75, 3.05) is 44.7 Å². The van der Waals surface area contributed by atoms with Crippen LogP contribution in [-0.4, -0.2) is 50.6 Å². The second-order valence-electron chi connectivity index (χ2n) is 6.16. The molecular weight excluding hydrogens is 318 g/mol. The van der Waals surface area contributed by atoms with Gasteiger partial charge in [0.1, 0.15) is 11.5 Å². The molecule has 6 nitrogen and oxygen atoms in total. The van der Waals surface area contributed by atoms with Gasteiger partial charge < -0.3 is 19.0 Å². The summed E-state index contributed by atoms with van der Waals surface area (Å²) >= 11 is 0. The SMILES string of the molecule is COc1ccccc1N1CCN(C(=O)CN[C@H](C)c2ccco2)CC1. The highest BCUT2D eigenvalue weighted by Gasteiger charge is 2.23. The van der Waals surface area contributed by atoms with Crippen LogP contribution in [0.15, 0.2) is 47.1 Å². The van der Waals surface area contributed by atoms with Gasteiger partial charge in [-0.25, -0.2) is 0 Å². The van der Waals surface area contributed by atoms with Gasteiger partial charge in [0.25, 0.3) is 0 Å². The Balaban J connectivity index is 1.49. The van der Waals surface area contributed by atoms with Crippen molar-refractivity contribution in [2.24, 2.45) is 0 Å². The lowest BCUT2D eigenvalue weighted by Gasteiger charge is -2.36. The molecule has 1 atom stereocenters. The number of nitrogens with one attached hydrogen (secondary N) is 1. The van der Waals surface area contributed by atoms with Gasteiger partial charge in [-0.1, -0.05) is 12.1 Å². The van der Waals surface area contributed by atoms with E-state index in [1.165, 1.54) is 0 Å². The van der Waals surface area contributed by atoms with Crippen molar-refractivity contribution in [1.29, 1.82) is 0 Å². The van der Waals surface area contributed by atoms with Crippen LogP contribution in [0.25, 0.3) is 0 Å². The number of furan rings is 1. The molecule has 0 saturated carbocycles. The molecule has 25 heavy (non-hydrogen) atoms. The van der Waals surface area contributed by atoms with Crippen LogP contribution in [0.1, 0.15) is 18.7 Å². The number of methoxy groups -OCH3 is 1. The van der Waals surface area contributed by atoms with Crippen molar-refractivity contribution < 1.29 is 13.9 Å². The van der Waals surface area contributed by atoms with Crippen LogP contribution in [0, 0.1) is 0 Å². The third-order valence-electron chi connectivity index (χ3n) is 4.59. The second kappa shape index (κ2) is 8.07. The van der Waals surface area contributed by atoms with Gasteiger partial charge in [0.05, 0.1) is 31.6 Å². The van der Waals surface area contributed by atoms with Crippen molar-refractivity contribution in [3.63, 3.8) is 0 Å². The molecule has 1 saturated heterocycles. The quantitative estimate of drug-likeness (QED) is 0.872. The number of hydrogen-bond acceptors (Lipinski definition) is 5. The summed E-state index contributed by atoms with van der Waals surface area (Å²) in [6, 6.07) is 11.8. The van der Waals surface area contributed by atoms with E-state index in [-0.39, 0.29) is 11.9 Å². The lowest BCUT2D eigenvalue weighted by atomic mass is 10.2. The van der Waals surface area contributed by atoms with Crippen molar-refractivity contribution in [3.05, 3.63) is 48.4 Å². The number of rotatable bonds is 6. The first-order chi connectivity index (χ1) is 12.2. The Morgan fingerprint density at radius 2 is 1.96 bits per heavy atom. The van der Waals surface area contributed by atoms with E-state index >= 15 is 0 Å². The molecule has 1 amide bonds. The van der Waals surface area contributed by atoms with Crippen LogP contribution in [0.4, 0.5) is 5.69 Å². The molecule has 2 heterocycles. The molecule has 0 spiro atoms. The summed E-state index contributed by atoms with van der Waals surface area (Å²) < 4.78 is 10.8. The molecule has 6 heteroatoms. The first-order valence-corrected chi connectivity index (χ1v) is 8.61. The molecule has 1 fully saturated rings. The van der Waals surface area contributed by atoms with E-state index < -0.39 is 0 Å². The summed E-state index contributed by atoms with van der Waals surface area (Å²) in [7, 11) is 1.68. The minimum atomic E-state index is 0.0221. The van der Waals surface area contributed by atoms with E-state index in [4.69, 9.17) is 9.15 Å². The van der Waals surface area contributed by atoms with Crippen LogP contribution in [0.2, 0.25) is 0 Å². The lowest BCUT2D eigenvalue weighted by Crippen LogP contribution is -2.51. The normalized spacial score (nSPS) is 15.9. The third-order valence-corrected chi connectivity index (χ3v) is 4.59. The Labute approximate surface area is 148 Å². The molecule has 0 unspecified atom stereocenters. The zero-order chi connectivity index (χ0) is 17.6. The molecule has 0 bridgehead atoms. The van der Waals surface area contributed by atoms with Gasteiger partial charge in [0.2, 0.25) is 5.91 Å². The molecule has 0 aliphatic carbocycles. The van der Waals surface area contributed by atoms with E-state index in [9.17, 15) is 4.79 Å². The Morgan fingerprint density at radius 3 is 2.64 bits per heavy atom. The smallest absolute Gasteiger partial charge is 0.236 e. The van der Waals surface area contributed by atoms with Crippen LogP contribution < -0.4 is 15.0 Å². The summed E-state index contributed by atoms with van der Waals surface area (Å²) in [5, 5.41) is 3.22. The van der Waals surface area contributed by atoms with E-state index in [0.717, 1.165) is 30.3 Å². The van der Waals surface area contributed by atoms with Crippen LogP contribution >= 0.6 is 0 Å². The van der Waals surface area contributed by atoms with Gasteiger partial charge in [-0.15, -0.1) is 0 Å². The fourth-order valence-electron chi connectivity index (χ4n) is 3.08. The molecule has 1 aliphatic heterocycles. The maximum absolute atomic E-state index is 12.4. The Morgan fingerprint density at radius 1 is 1.20 bits per heavy atom. The number of nitrogens with zero attached hydrogens (tertiary/aromatic N) is 2. The van der Waals surface area contributed by atoms with E-state index in [0.29, 0.717) is 19.6 Å². The number of carbonyl (C=O) groups excluding carboxylic acids is 1. The number of anilines is 1. The number of amides is 1. The molecule has 1 aliphatic rings. The predicted molar refractivity (Wildman–Crippen MR) is 96.9 cm³/mol. The van der Waals surface area contributed by atoms with Gasteiger partial charge in [0.15, 0.2) is 0 Å². The monoisotopic (exact) mass is 343 g/mol. The maximum atomic E-state index is 12.4. The Bertz CT molecular complexity index is 679. The summed E-state index contributed by atoms with van der Waals surface area (Å²) in [5.41, 5.74) is 1.08. The first kappa shape index (κ1) is 17.4. The average molecular weight is 343 g/mol. The fraction of sp³-hybridized carbons (Fsp3) is 0.421. The number of para-hydroxylation sites is 2. The number of carbonyl (C=O) groups is 1. The highest BCUT2D eigenvalue weighted by Crippen LogP contribution is 2.28. The zero-order valence-corrected chi connectivity index (χ0v) is 14.8.